The Kier molecular flexibility index (Phi) is 6.19. The Balaban J connectivity index is 1.59. The molecule has 0 aliphatic carbocycles. The number of likely N-dealkylation sites (tertiary alicyclic amines) is 1. The number of rotatable bonds is 5. The summed E-state index contributed by atoms with van der Waals surface area (Å²) in [5.74, 6) is -0.331. The Hall–Kier alpha value is -2.73. The SMILES string of the molecule is Cc1cccc(CC(=O)N2CC[C@@H](NC(=O)c3cccnc3)[C@@H](CO)C2)c1. The molecule has 142 valence electrons. The molecule has 1 fully saturated rings. The van der Waals surface area contributed by atoms with Gasteiger partial charge in [-0.1, -0.05) is 29.8 Å². The standard InChI is InChI=1S/C21H25N3O3/c1-15-4-2-5-16(10-15)11-20(26)24-9-7-19(18(13-24)14-25)23-21(27)17-6-3-8-22-12-17/h2-6,8,10,12,18-19,25H,7,9,11,13-14H2,1H3,(H,23,27)/t18-,19-/m1/s1. The topological polar surface area (TPSA) is 82.5 Å². The highest BCUT2D eigenvalue weighted by atomic mass is 16.3. The molecule has 2 N–H and O–H groups in total. The number of aliphatic hydroxyl groups is 1. The average Bonchev–Trinajstić information content (AvgIpc) is 2.69. The van der Waals surface area contributed by atoms with Crippen molar-refractivity contribution in [2.75, 3.05) is 19.7 Å². The van der Waals surface area contributed by atoms with Gasteiger partial charge in [0.2, 0.25) is 5.91 Å². The number of aliphatic hydroxyl groups excluding tert-OH is 1. The van der Waals surface area contributed by atoms with E-state index in [4.69, 9.17) is 0 Å². The molecule has 2 amide bonds. The fourth-order valence-electron chi connectivity index (χ4n) is 3.49. The first kappa shape index (κ1) is 19.0. The van der Waals surface area contributed by atoms with Gasteiger partial charge in [0.1, 0.15) is 0 Å². The van der Waals surface area contributed by atoms with Crippen LogP contribution in [0.4, 0.5) is 0 Å². The molecule has 1 aromatic heterocycles. The summed E-state index contributed by atoms with van der Waals surface area (Å²) >= 11 is 0. The molecule has 1 aliphatic heterocycles. The summed E-state index contributed by atoms with van der Waals surface area (Å²) in [6, 6.07) is 11.2. The van der Waals surface area contributed by atoms with Gasteiger partial charge in [-0.2, -0.15) is 0 Å². The van der Waals surface area contributed by atoms with E-state index in [1.165, 1.54) is 6.20 Å². The first-order valence-corrected chi connectivity index (χ1v) is 9.22. The van der Waals surface area contributed by atoms with Crippen molar-refractivity contribution in [3.8, 4) is 0 Å². The third-order valence-corrected chi connectivity index (χ3v) is 5.00. The number of aryl methyl sites for hydroxylation is 1. The highest BCUT2D eigenvalue weighted by molar-refractivity contribution is 5.94. The van der Waals surface area contributed by atoms with Crippen LogP contribution in [0.25, 0.3) is 0 Å². The predicted octanol–water partition coefficient (Wildman–Crippen LogP) is 1.57. The smallest absolute Gasteiger partial charge is 0.253 e. The summed E-state index contributed by atoms with van der Waals surface area (Å²) in [6.07, 6.45) is 4.11. The maximum absolute atomic E-state index is 12.6. The van der Waals surface area contributed by atoms with Crippen LogP contribution in [0.2, 0.25) is 0 Å². The Morgan fingerprint density at radius 1 is 1.30 bits per heavy atom. The molecule has 27 heavy (non-hydrogen) atoms. The largest absolute Gasteiger partial charge is 0.396 e. The fraction of sp³-hybridized carbons (Fsp3) is 0.381. The lowest BCUT2D eigenvalue weighted by Gasteiger charge is -2.38. The van der Waals surface area contributed by atoms with Crippen LogP contribution in [-0.4, -0.2) is 52.5 Å². The Labute approximate surface area is 159 Å². The van der Waals surface area contributed by atoms with Crippen molar-refractivity contribution in [1.82, 2.24) is 15.2 Å². The lowest BCUT2D eigenvalue weighted by atomic mass is 9.92. The van der Waals surface area contributed by atoms with Crippen LogP contribution >= 0.6 is 0 Å². The molecule has 0 radical (unpaired) electrons. The average molecular weight is 367 g/mol. The summed E-state index contributed by atoms with van der Waals surface area (Å²) in [6.45, 7) is 2.94. The summed E-state index contributed by atoms with van der Waals surface area (Å²) in [7, 11) is 0. The normalized spacial score (nSPS) is 19.6. The third kappa shape index (κ3) is 4.92. The van der Waals surface area contributed by atoms with E-state index in [2.05, 4.69) is 10.3 Å². The number of benzene rings is 1. The number of amides is 2. The van der Waals surface area contributed by atoms with Crippen molar-refractivity contribution in [3.63, 3.8) is 0 Å². The van der Waals surface area contributed by atoms with Crippen LogP contribution in [0.1, 0.15) is 27.9 Å². The number of aromatic nitrogens is 1. The van der Waals surface area contributed by atoms with E-state index in [-0.39, 0.29) is 30.4 Å². The molecule has 3 rings (SSSR count). The number of carbonyl (C=O) groups excluding carboxylic acids is 2. The van der Waals surface area contributed by atoms with Gasteiger partial charge in [0.05, 0.1) is 12.0 Å². The van der Waals surface area contributed by atoms with Crippen molar-refractivity contribution >= 4 is 11.8 Å². The van der Waals surface area contributed by atoms with Crippen LogP contribution in [0, 0.1) is 12.8 Å². The van der Waals surface area contributed by atoms with Gasteiger partial charge >= 0.3 is 0 Å². The van der Waals surface area contributed by atoms with Gasteiger partial charge < -0.3 is 15.3 Å². The minimum atomic E-state index is -0.203. The van der Waals surface area contributed by atoms with E-state index in [0.29, 0.717) is 31.5 Å². The Bertz CT molecular complexity index is 794. The molecule has 2 aromatic rings. The zero-order valence-electron chi connectivity index (χ0n) is 15.5. The van der Waals surface area contributed by atoms with Gasteiger partial charge in [-0.3, -0.25) is 14.6 Å². The van der Waals surface area contributed by atoms with E-state index < -0.39 is 0 Å². The second kappa shape index (κ2) is 8.77. The molecule has 1 aromatic carbocycles. The van der Waals surface area contributed by atoms with Crippen molar-refractivity contribution in [2.24, 2.45) is 5.92 Å². The molecule has 0 saturated carbocycles. The molecule has 6 nitrogen and oxygen atoms in total. The second-order valence-electron chi connectivity index (χ2n) is 7.06. The van der Waals surface area contributed by atoms with Crippen LogP contribution in [0.5, 0.6) is 0 Å². The van der Waals surface area contributed by atoms with E-state index in [1.54, 1.807) is 23.2 Å². The first-order chi connectivity index (χ1) is 13.1. The summed E-state index contributed by atoms with van der Waals surface area (Å²) in [5.41, 5.74) is 2.62. The number of nitrogens with one attached hydrogen (secondary N) is 1. The summed E-state index contributed by atoms with van der Waals surface area (Å²) < 4.78 is 0. The number of pyridine rings is 1. The molecular formula is C21H25N3O3. The number of hydrogen-bond donors (Lipinski definition) is 2. The van der Waals surface area contributed by atoms with Gasteiger partial charge in [-0.05, 0) is 31.0 Å². The molecule has 1 saturated heterocycles. The van der Waals surface area contributed by atoms with E-state index in [9.17, 15) is 14.7 Å². The van der Waals surface area contributed by atoms with Crippen LogP contribution in [0.15, 0.2) is 48.8 Å². The van der Waals surface area contributed by atoms with E-state index >= 15 is 0 Å². The Morgan fingerprint density at radius 2 is 2.15 bits per heavy atom. The molecule has 1 aliphatic rings. The molecule has 0 unspecified atom stereocenters. The van der Waals surface area contributed by atoms with Crippen molar-refractivity contribution in [1.29, 1.82) is 0 Å². The van der Waals surface area contributed by atoms with Crippen LogP contribution < -0.4 is 5.32 Å². The van der Waals surface area contributed by atoms with E-state index in [1.807, 2.05) is 31.2 Å². The van der Waals surface area contributed by atoms with Gasteiger partial charge in [0.25, 0.3) is 5.91 Å². The number of nitrogens with zero attached hydrogens (tertiary/aromatic N) is 2. The summed E-state index contributed by atoms with van der Waals surface area (Å²) in [4.78, 5) is 30.7. The highest BCUT2D eigenvalue weighted by Gasteiger charge is 2.32. The molecule has 2 atom stereocenters. The number of piperidine rings is 1. The molecule has 2 heterocycles. The number of carbonyl (C=O) groups is 2. The van der Waals surface area contributed by atoms with Gasteiger partial charge in [-0.15, -0.1) is 0 Å². The quantitative estimate of drug-likeness (QED) is 0.840. The lowest BCUT2D eigenvalue weighted by Crippen LogP contribution is -2.53. The molecule has 6 heteroatoms. The van der Waals surface area contributed by atoms with Gasteiger partial charge in [0, 0.05) is 44.0 Å². The van der Waals surface area contributed by atoms with Gasteiger partial charge in [-0.25, -0.2) is 0 Å². The van der Waals surface area contributed by atoms with Crippen molar-refractivity contribution in [2.45, 2.75) is 25.8 Å². The highest BCUT2D eigenvalue weighted by Crippen LogP contribution is 2.19. The minimum Gasteiger partial charge on any atom is -0.396 e. The molecule has 0 bridgehead atoms. The van der Waals surface area contributed by atoms with Crippen molar-refractivity contribution in [3.05, 3.63) is 65.5 Å². The second-order valence-corrected chi connectivity index (χ2v) is 7.06. The maximum Gasteiger partial charge on any atom is 0.253 e. The molecule has 0 spiro atoms. The van der Waals surface area contributed by atoms with E-state index in [0.717, 1.165) is 11.1 Å². The predicted molar refractivity (Wildman–Crippen MR) is 102 cm³/mol. The third-order valence-electron chi connectivity index (χ3n) is 5.00. The first-order valence-electron chi connectivity index (χ1n) is 9.22. The Morgan fingerprint density at radius 3 is 2.85 bits per heavy atom. The lowest BCUT2D eigenvalue weighted by molar-refractivity contribution is -0.132. The minimum absolute atomic E-state index is 0.0519. The molecular weight excluding hydrogens is 342 g/mol. The monoisotopic (exact) mass is 367 g/mol. The van der Waals surface area contributed by atoms with Crippen LogP contribution in [-0.2, 0) is 11.2 Å². The summed E-state index contributed by atoms with van der Waals surface area (Å²) in [5, 5.41) is 12.7. The number of hydrogen-bond acceptors (Lipinski definition) is 4. The van der Waals surface area contributed by atoms with Gasteiger partial charge in [0.15, 0.2) is 0 Å². The zero-order chi connectivity index (χ0) is 19.2. The zero-order valence-corrected chi connectivity index (χ0v) is 15.5. The van der Waals surface area contributed by atoms with Crippen molar-refractivity contribution < 1.29 is 14.7 Å². The maximum atomic E-state index is 12.6. The van der Waals surface area contributed by atoms with Crippen LogP contribution in [0.3, 0.4) is 0 Å². The fourth-order valence-corrected chi connectivity index (χ4v) is 3.49.